The topological polar surface area (TPSA) is 149 Å². The van der Waals surface area contributed by atoms with E-state index in [2.05, 4.69) is 30.5 Å². The minimum Gasteiger partial charge on any atom is -0.394 e. The van der Waals surface area contributed by atoms with Crippen molar-refractivity contribution in [3.63, 3.8) is 0 Å². The third kappa shape index (κ3) is 23.1. The minimum atomic E-state index is -1.57. The monoisotopic (exact) mass is 710 g/mol. The summed E-state index contributed by atoms with van der Waals surface area (Å²) in [5.74, 6) is -0.194. The van der Waals surface area contributed by atoms with Crippen LogP contribution in [0.1, 0.15) is 162 Å². The van der Waals surface area contributed by atoms with E-state index in [1.807, 2.05) is 19.1 Å². The maximum Gasteiger partial charge on any atom is 0.220 e. The number of allylic oxidation sites excluding steroid dienone is 5. The van der Waals surface area contributed by atoms with E-state index >= 15 is 0 Å². The second-order valence-corrected chi connectivity index (χ2v) is 14.1. The average Bonchev–Trinajstić information content (AvgIpc) is 3.11. The molecule has 0 radical (unpaired) electrons. The zero-order valence-corrected chi connectivity index (χ0v) is 31.6. The zero-order chi connectivity index (χ0) is 36.7. The summed E-state index contributed by atoms with van der Waals surface area (Å²) in [6.45, 7) is 3.50. The first-order chi connectivity index (χ1) is 24.3. The Morgan fingerprint density at radius 1 is 0.700 bits per heavy atom. The summed E-state index contributed by atoms with van der Waals surface area (Å²) in [5.41, 5.74) is 0. The Hall–Kier alpha value is -1.59. The molecule has 0 aromatic carbocycles. The number of hydrogen-bond acceptors (Lipinski definition) is 8. The number of carbonyl (C=O) groups excluding carboxylic acids is 1. The second-order valence-electron chi connectivity index (χ2n) is 14.1. The van der Waals surface area contributed by atoms with E-state index in [9.17, 15) is 30.3 Å². The molecule has 1 rings (SSSR count). The van der Waals surface area contributed by atoms with E-state index in [1.165, 1.54) is 96.3 Å². The Balaban J connectivity index is 2.35. The number of carbonyl (C=O) groups is 1. The highest BCUT2D eigenvalue weighted by Crippen LogP contribution is 2.22. The van der Waals surface area contributed by atoms with Crippen LogP contribution in [0.4, 0.5) is 0 Å². The van der Waals surface area contributed by atoms with Gasteiger partial charge in [-0.15, -0.1) is 0 Å². The van der Waals surface area contributed by atoms with Gasteiger partial charge in [0.05, 0.1) is 25.4 Å². The predicted octanol–water partition coefficient (Wildman–Crippen LogP) is 7.33. The van der Waals surface area contributed by atoms with Gasteiger partial charge in [-0.25, -0.2) is 0 Å². The highest BCUT2D eigenvalue weighted by Gasteiger charge is 2.44. The molecule has 0 aromatic rings. The van der Waals surface area contributed by atoms with Gasteiger partial charge in [0.15, 0.2) is 6.29 Å². The molecule has 1 fully saturated rings. The van der Waals surface area contributed by atoms with Crippen LogP contribution in [0, 0.1) is 0 Å². The number of ether oxygens (including phenoxy) is 2. The van der Waals surface area contributed by atoms with E-state index in [0.29, 0.717) is 6.42 Å². The van der Waals surface area contributed by atoms with Crippen LogP contribution in [0.15, 0.2) is 36.5 Å². The van der Waals surface area contributed by atoms with Crippen molar-refractivity contribution in [3.05, 3.63) is 36.5 Å². The second kappa shape index (κ2) is 32.1. The maximum atomic E-state index is 12.9. The maximum absolute atomic E-state index is 12.9. The standard InChI is InChI=1S/C41H75NO8/c1-3-5-7-9-11-13-14-15-16-17-18-19-20-21-23-25-27-29-31-37(45)42-34(35(44)30-28-26-24-22-12-10-8-6-4-2)33-49-41-40(48)39(47)38(46)36(32-43)50-41/h4,6,12,22,28,30,34-36,38-41,43-44,46-48H,3,5,7-11,13-21,23-27,29,31-33H2,1-2H3,(H,42,45)/b6-4+,22-12+,30-28+. The van der Waals surface area contributed by atoms with E-state index in [1.54, 1.807) is 6.08 Å². The molecule has 0 saturated carbocycles. The molecule has 7 unspecified atom stereocenters. The molecule has 1 amide bonds. The van der Waals surface area contributed by atoms with Gasteiger partial charge in [0.2, 0.25) is 5.91 Å². The Morgan fingerprint density at radius 3 is 1.68 bits per heavy atom. The molecule has 1 aliphatic rings. The van der Waals surface area contributed by atoms with Crippen molar-refractivity contribution in [3.8, 4) is 0 Å². The smallest absolute Gasteiger partial charge is 0.220 e. The van der Waals surface area contributed by atoms with Crippen molar-refractivity contribution in [2.24, 2.45) is 0 Å². The van der Waals surface area contributed by atoms with Crippen LogP contribution >= 0.6 is 0 Å². The summed E-state index contributed by atoms with van der Waals surface area (Å²) >= 11 is 0. The van der Waals surface area contributed by atoms with E-state index < -0.39 is 49.5 Å². The summed E-state index contributed by atoms with van der Waals surface area (Å²) in [7, 11) is 0. The van der Waals surface area contributed by atoms with Gasteiger partial charge >= 0.3 is 0 Å². The van der Waals surface area contributed by atoms with Crippen molar-refractivity contribution in [2.45, 2.75) is 204 Å². The van der Waals surface area contributed by atoms with Crippen molar-refractivity contribution in [1.82, 2.24) is 5.32 Å². The SMILES string of the molecule is C/C=C/CC/C=C/CC/C=C/C(O)C(COC1OC(CO)C(O)C(O)C1O)NC(=O)CCCCCCCCCCCCCCCCCCCC. The van der Waals surface area contributed by atoms with Crippen LogP contribution < -0.4 is 5.32 Å². The molecular weight excluding hydrogens is 634 g/mol. The molecule has 9 heteroatoms. The Morgan fingerprint density at radius 2 is 1.18 bits per heavy atom. The molecule has 6 N–H and O–H groups in total. The van der Waals surface area contributed by atoms with Gasteiger partial charge in [-0.05, 0) is 39.0 Å². The van der Waals surface area contributed by atoms with Crippen molar-refractivity contribution < 1.29 is 39.8 Å². The molecule has 292 valence electrons. The van der Waals surface area contributed by atoms with Crippen molar-refractivity contribution in [1.29, 1.82) is 0 Å². The number of nitrogens with one attached hydrogen (secondary N) is 1. The molecule has 1 saturated heterocycles. The fraction of sp³-hybridized carbons (Fsp3) is 0.829. The lowest BCUT2D eigenvalue weighted by Crippen LogP contribution is -2.60. The molecule has 9 nitrogen and oxygen atoms in total. The molecule has 0 aromatic heterocycles. The van der Waals surface area contributed by atoms with Gasteiger partial charge in [0.25, 0.3) is 0 Å². The van der Waals surface area contributed by atoms with Gasteiger partial charge in [-0.2, -0.15) is 0 Å². The number of aliphatic hydroxyl groups is 5. The lowest BCUT2D eigenvalue weighted by molar-refractivity contribution is -0.302. The first-order valence-electron chi connectivity index (χ1n) is 20.2. The fourth-order valence-electron chi connectivity index (χ4n) is 6.25. The van der Waals surface area contributed by atoms with E-state index in [-0.39, 0.29) is 12.5 Å². The van der Waals surface area contributed by atoms with E-state index in [4.69, 9.17) is 9.47 Å². The molecule has 1 heterocycles. The predicted molar refractivity (Wildman–Crippen MR) is 203 cm³/mol. The summed E-state index contributed by atoms with van der Waals surface area (Å²) in [6, 6.07) is -0.821. The fourth-order valence-corrected chi connectivity index (χ4v) is 6.25. The largest absolute Gasteiger partial charge is 0.394 e. The third-order valence-corrected chi connectivity index (χ3v) is 9.54. The number of rotatable bonds is 32. The average molecular weight is 710 g/mol. The number of aliphatic hydroxyl groups excluding tert-OH is 5. The zero-order valence-electron chi connectivity index (χ0n) is 31.6. The molecule has 0 bridgehead atoms. The van der Waals surface area contributed by atoms with Crippen LogP contribution in [-0.2, 0) is 14.3 Å². The quantitative estimate of drug-likeness (QED) is 0.0314. The van der Waals surface area contributed by atoms with Gasteiger partial charge in [0, 0.05) is 6.42 Å². The van der Waals surface area contributed by atoms with Gasteiger partial charge in [0.1, 0.15) is 24.4 Å². The Labute approximate surface area is 304 Å². The summed E-state index contributed by atoms with van der Waals surface area (Å²) in [4.78, 5) is 12.9. The molecular formula is C41H75NO8. The van der Waals surface area contributed by atoms with Gasteiger partial charge < -0.3 is 40.3 Å². The first kappa shape index (κ1) is 46.4. The molecule has 7 atom stereocenters. The summed E-state index contributed by atoms with van der Waals surface area (Å²) < 4.78 is 11.1. The van der Waals surface area contributed by atoms with Gasteiger partial charge in [-0.1, -0.05) is 153 Å². The number of hydrogen-bond donors (Lipinski definition) is 6. The molecule has 1 aliphatic heterocycles. The number of unbranched alkanes of at least 4 members (excludes halogenated alkanes) is 19. The Bertz CT molecular complexity index is 879. The Kier molecular flexibility index (Phi) is 29.8. The summed E-state index contributed by atoms with van der Waals surface area (Å²) in [6.07, 6.45) is 30.7. The van der Waals surface area contributed by atoms with Gasteiger partial charge in [-0.3, -0.25) is 4.79 Å². The minimum absolute atomic E-state index is 0.194. The lowest BCUT2D eigenvalue weighted by Gasteiger charge is -2.40. The highest BCUT2D eigenvalue weighted by molar-refractivity contribution is 5.76. The van der Waals surface area contributed by atoms with Crippen molar-refractivity contribution in [2.75, 3.05) is 13.2 Å². The van der Waals surface area contributed by atoms with Crippen LogP contribution in [0.25, 0.3) is 0 Å². The highest BCUT2D eigenvalue weighted by atomic mass is 16.7. The number of amides is 1. The van der Waals surface area contributed by atoms with Crippen LogP contribution in [-0.4, -0.2) is 87.5 Å². The third-order valence-electron chi connectivity index (χ3n) is 9.54. The van der Waals surface area contributed by atoms with Crippen LogP contribution in [0.5, 0.6) is 0 Å². The first-order valence-corrected chi connectivity index (χ1v) is 20.2. The lowest BCUT2D eigenvalue weighted by atomic mass is 9.99. The molecule has 0 spiro atoms. The van der Waals surface area contributed by atoms with E-state index in [0.717, 1.165) is 44.9 Å². The van der Waals surface area contributed by atoms with Crippen molar-refractivity contribution >= 4 is 5.91 Å². The molecule has 50 heavy (non-hydrogen) atoms. The molecule has 0 aliphatic carbocycles. The normalized spacial score (nSPS) is 22.6. The van der Waals surface area contributed by atoms with Crippen LogP contribution in [0.3, 0.4) is 0 Å². The summed E-state index contributed by atoms with van der Waals surface area (Å²) in [5, 5.41) is 53.8. The van der Waals surface area contributed by atoms with Crippen LogP contribution in [0.2, 0.25) is 0 Å².